The monoisotopic (exact) mass is 295 g/mol. The molecular weight excluding hydrogens is 292 g/mol. The molecule has 0 saturated heterocycles. The van der Waals surface area contributed by atoms with Gasteiger partial charge in [-0.05, 0) is 44.6 Å². The molecule has 0 aliphatic heterocycles. The Bertz CT molecular complexity index is 228. The van der Waals surface area contributed by atoms with Gasteiger partial charge in [-0.2, -0.15) is 0 Å². The molecule has 1 aromatic heterocycles. The molecule has 9 heavy (non-hydrogen) atoms. The molecule has 0 N–H and O–H groups in total. The first kappa shape index (κ1) is 7.53. The van der Waals surface area contributed by atoms with Gasteiger partial charge in [0.05, 0.1) is 0 Å². The van der Waals surface area contributed by atoms with Crippen molar-refractivity contribution in [2.24, 2.45) is 0 Å². The number of hydrogen-bond donors (Lipinski definition) is 0. The van der Waals surface area contributed by atoms with Crippen molar-refractivity contribution in [2.75, 3.05) is 0 Å². The van der Waals surface area contributed by atoms with Crippen LogP contribution in [0.2, 0.25) is 0 Å². The van der Waals surface area contributed by atoms with Crippen LogP contribution in [-0.4, -0.2) is 12.8 Å². The summed E-state index contributed by atoms with van der Waals surface area (Å²) in [6, 6.07) is 2.04. The zero-order chi connectivity index (χ0) is 6.85. The van der Waals surface area contributed by atoms with Gasteiger partial charge in [0.25, 0.3) is 0 Å². The van der Waals surface area contributed by atoms with Gasteiger partial charge in [-0.15, -0.1) is 0 Å². The fourth-order valence-corrected chi connectivity index (χ4v) is 1.71. The largest absolute Gasteiger partial charge is 0.270 e. The molecule has 1 heterocycles. The van der Waals surface area contributed by atoms with E-state index in [0.717, 1.165) is 13.6 Å². The highest BCUT2D eigenvalue weighted by Gasteiger charge is 1.93. The van der Waals surface area contributed by atoms with Crippen LogP contribution in [0.1, 0.15) is 0 Å². The van der Waals surface area contributed by atoms with E-state index in [4.69, 9.17) is 0 Å². The smallest absolute Gasteiger partial charge is 0.165 e. The summed E-state index contributed by atoms with van der Waals surface area (Å²) in [5.41, 5.74) is 1.04. The van der Waals surface area contributed by atoms with Crippen LogP contribution in [0, 0.1) is 3.57 Å². The maximum absolute atomic E-state index is 4.12. The first-order valence-corrected chi connectivity index (χ1v) is 4.35. The average Bonchev–Trinajstić information content (AvgIpc) is 1.80. The SMILES string of the molecule is Bc1ncc(I)cc1Br. The van der Waals surface area contributed by atoms with Crippen molar-refractivity contribution >= 4 is 52.0 Å². The zero-order valence-electron chi connectivity index (χ0n) is 4.86. The summed E-state index contributed by atoms with van der Waals surface area (Å²) < 4.78 is 2.24. The normalized spacial score (nSPS) is 9.56. The molecule has 0 fully saturated rings. The number of nitrogens with zero attached hydrogens (tertiary/aromatic N) is 1. The highest BCUT2D eigenvalue weighted by atomic mass is 127. The van der Waals surface area contributed by atoms with Gasteiger partial charge < -0.3 is 0 Å². The molecule has 1 aromatic rings. The Balaban J connectivity index is 3.17. The lowest BCUT2D eigenvalue weighted by Crippen LogP contribution is -2.08. The van der Waals surface area contributed by atoms with E-state index in [9.17, 15) is 0 Å². The number of aromatic nitrogens is 1. The third kappa shape index (κ3) is 1.93. The Morgan fingerprint density at radius 2 is 2.33 bits per heavy atom. The fraction of sp³-hybridized carbons (Fsp3) is 0. The van der Waals surface area contributed by atoms with Crippen LogP contribution in [0.15, 0.2) is 16.7 Å². The maximum Gasteiger partial charge on any atom is 0.165 e. The molecule has 0 unspecified atom stereocenters. The topological polar surface area (TPSA) is 12.9 Å². The molecule has 0 saturated carbocycles. The predicted octanol–water partition coefficient (Wildman–Crippen LogP) is 0.707. The van der Waals surface area contributed by atoms with Gasteiger partial charge >= 0.3 is 0 Å². The van der Waals surface area contributed by atoms with E-state index in [1.807, 2.05) is 20.1 Å². The minimum absolute atomic E-state index is 1.04. The lowest BCUT2D eigenvalue weighted by molar-refractivity contribution is 1.35. The van der Waals surface area contributed by atoms with Crippen LogP contribution < -0.4 is 5.59 Å². The molecule has 0 aliphatic rings. The van der Waals surface area contributed by atoms with E-state index in [-0.39, 0.29) is 0 Å². The van der Waals surface area contributed by atoms with Crippen LogP contribution in [0.4, 0.5) is 0 Å². The summed E-state index contributed by atoms with van der Waals surface area (Å²) in [5, 5.41) is 0. The third-order valence-corrected chi connectivity index (χ3v) is 2.38. The first-order valence-electron chi connectivity index (χ1n) is 2.48. The van der Waals surface area contributed by atoms with Gasteiger partial charge in [-0.25, -0.2) is 0 Å². The number of halogens is 2. The fourth-order valence-electron chi connectivity index (χ4n) is 0.483. The van der Waals surface area contributed by atoms with Crippen molar-refractivity contribution in [2.45, 2.75) is 0 Å². The minimum atomic E-state index is 1.04. The molecule has 0 bridgehead atoms. The third-order valence-electron chi connectivity index (χ3n) is 0.992. The van der Waals surface area contributed by atoms with Crippen molar-refractivity contribution in [3.8, 4) is 0 Å². The van der Waals surface area contributed by atoms with Crippen LogP contribution >= 0.6 is 38.5 Å². The molecule has 0 spiro atoms. The van der Waals surface area contributed by atoms with Crippen molar-refractivity contribution in [1.29, 1.82) is 0 Å². The predicted molar refractivity (Wildman–Crippen MR) is 52.8 cm³/mol. The number of rotatable bonds is 0. The minimum Gasteiger partial charge on any atom is -0.270 e. The van der Waals surface area contributed by atoms with E-state index in [0.29, 0.717) is 0 Å². The standard InChI is InChI=1S/C5H4BBrIN/c6-5-4(7)1-3(8)2-9-5/h1-2H,6H2. The Labute approximate surface area is 76.9 Å². The molecule has 0 atom stereocenters. The highest BCUT2D eigenvalue weighted by Crippen LogP contribution is 2.08. The quantitative estimate of drug-likeness (QED) is 0.507. The summed E-state index contributed by atoms with van der Waals surface area (Å²) in [7, 11) is 1.97. The van der Waals surface area contributed by atoms with Crippen LogP contribution in [0.5, 0.6) is 0 Å². The van der Waals surface area contributed by atoms with Gasteiger partial charge in [0.15, 0.2) is 7.85 Å². The molecule has 1 rings (SSSR count). The summed E-state index contributed by atoms with van der Waals surface area (Å²) in [5.74, 6) is 0. The van der Waals surface area contributed by atoms with Gasteiger partial charge in [-0.3, -0.25) is 4.98 Å². The second kappa shape index (κ2) is 3.01. The summed E-state index contributed by atoms with van der Waals surface area (Å²) in [4.78, 5) is 4.12. The van der Waals surface area contributed by atoms with Crippen molar-refractivity contribution in [3.05, 3.63) is 20.3 Å². The van der Waals surface area contributed by atoms with Gasteiger partial charge in [0, 0.05) is 19.8 Å². The van der Waals surface area contributed by atoms with Crippen LogP contribution in [0.3, 0.4) is 0 Å². The summed E-state index contributed by atoms with van der Waals surface area (Å²) in [6.45, 7) is 0. The molecular formula is C5H4BBrIN. The summed E-state index contributed by atoms with van der Waals surface area (Å²) >= 11 is 5.61. The van der Waals surface area contributed by atoms with E-state index >= 15 is 0 Å². The highest BCUT2D eigenvalue weighted by molar-refractivity contribution is 14.1. The van der Waals surface area contributed by atoms with Crippen molar-refractivity contribution < 1.29 is 0 Å². The van der Waals surface area contributed by atoms with E-state index in [2.05, 4.69) is 43.5 Å². The first-order chi connectivity index (χ1) is 4.20. The van der Waals surface area contributed by atoms with Crippen molar-refractivity contribution in [3.63, 3.8) is 0 Å². The van der Waals surface area contributed by atoms with Crippen molar-refractivity contribution in [1.82, 2.24) is 4.98 Å². The van der Waals surface area contributed by atoms with Gasteiger partial charge in [0.2, 0.25) is 0 Å². The second-order valence-corrected chi connectivity index (χ2v) is 3.82. The van der Waals surface area contributed by atoms with E-state index in [1.165, 1.54) is 0 Å². The van der Waals surface area contributed by atoms with Crippen LogP contribution in [-0.2, 0) is 0 Å². The second-order valence-electron chi connectivity index (χ2n) is 1.72. The number of pyridine rings is 1. The van der Waals surface area contributed by atoms with E-state index in [1.54, 1.807) is 0 Å². The number of hydrogen-bond acceptors (Lipinski definition) is 1. The Kier molecular flexibility index (Phi) is 2.52. The Hall–Kier alpha value is 0.425. The molecule has 0 aromatic carbocycles. The summed E-state index contributed by atoms with van der Waals surface area (Å²) in [6.07, 6.45) is 1.85. The lowest BCUT2D eigenvalue weighted by atomic mass is 10.0. The van der Waals surface area contributed by atoms with Gasteiger partial charge in [0.1, 0.15) is 0 Å². The zero-order valence-corrected chi connectivity index (χ0v) is 8.60. The maximum atomic E-state index is 4.12. The van der Waals surface area contributed by atoms with Crippen LogP contribution in [0.25, 0.3) is 0 Å². The van der Waals surface area contributed by atoms with E-state index < -0.39 is 0 Å². The molecule has 1 nitrogen and oxygen atoms in total. The molecule has 46 valence electrons. The molecule has 0 aliphatic carbocycles. The Morgan fingerprint density at radius 3 is 2.78 bits per heavy atom. The Morgan fingerprint density at radius 1 is 1.67 bits per heavy atom. The average molecular weight is 296 g/mol. The van der Waals surface area contributed by atoms with Gasteiger partial charge in [-0.1, -0.05) is 0 Å². The molecule has 4 heteroatoms. The molecule has 0 amide bonds. The molecule has 0 radical (unpaired) electrons. The lowest BCUT2D eigenvalue weighted by Gasteiger charge is -1.94.